The maximum absolute atomic E-state index is 12.3. The van der Waals surface area contributed by atoms with Crippen molar-refractivity contribution in [3.05, 3.63) is 66.1 Å². The first-order valence-electron chi connectivity index (χ1n) is 7.41. The van der Waals surface area contributed by atoms with E-state index < -0.39 is 12.1 Å². The molecule has 0 fully saturated rings. The topological polar surface area (TPSA) is 69.9 Å². The van der Waals surface area contributed by atoms with Crippen molar-refractivity contribution in [2.24, 2.45) is 0 Å². The monoisotopic (exact) mass is 324 g/mol. The van der Waals surface area contributed by atoms with E-state index in [-0.39, 0.29) is 11.5 Å². The van der Waals surface area contributed by atoms with E-state index >= 15 is 0 Å². The quantitative estimate of drug-likeness (QED) is 0.533. The summed E-state index contributed by atoms with van der Waals surface area (Å²) < 4.78 is 12.0. The van der Waals surface area contributed by atoms with E-state index in [9.17, 15) is 9.59 Å². The van der Waals surface area contributed by atoms with Gasteiger partial charge in [0.25, 0.3) is 0 Å². The maximum Gasteiger partial charge on any atom is 0.359 e. The largest absolute Gasteiger partial charge is 0.497 e. The number of imidazole rings is 1. The molecule has 1 aromatic carbocycles. The van der Waals surface area contributed by atoms with Crippen molar-refractivity contribution in [1.29, 1.82) is 0 Å². The van der Waals surface area contributed by atoms with E-state index in [1.165, 1.54) is 0 Å². The van der Waals surface area contributed by atoms with Gasteiger partial charge in [0, 0.05) is 18.0 Å². The molecule has 0 aliphatic carbocycles. The molecule has 6 nitrogen and oxygen atoms in total. The Bertz CT molecular complexity index is 850. The van der Waals surface area contributed by atoms with Gasteiger partial charge in [-0.3, -0.25) is 4.79 Å². The van der Waals surface area contributed by atoms with E-state index in [1.54, 1.807) is 61.2 Å². The van der Waals surface area contributed by atoms with Crippen LogP contribution in [-0.4, -0.2) is 34.4 Å². The van der Waals surface area contributed by atoms with Crippen LogP contribution < -0.4 is 4.74 Å². The van der Waals surface area contributed by atoms with Crippen molar-refractivity contribution in [3.8, 4) is 5.75 Å². The van der Waals surface area contributed by atoms with Gasteiger partial charge >= 0.3 is 5.97 Å². The lowest BCUT2D eigenvalue weighted by molar-refractivity contribution is 0.0313. The summed E-state index contributed by atoms with van der Waals surface area (Å²) in [5.41, 5.74) is 1.25. The molecule has 6 heteroatoms. The molecule has 1 atom stereocenters. The van der Waals surface area contributed by atoms with Gasteiger partial charge in [-0.25, -0.2) is 9.78 Å². The second kappa shape index (κ2) is 6.54. The van der Waals surface area contributed by atoms with Gasteiger partial charge in [0.1, 0.15) is 11.4 Å². The standard InChI is InChI=1S/C18H16N2O4/c1-12(17(21)13-6-8-14(23-2)9-7-13)24-18(22)15-11-20-10-4-3-5-16(20)19-15/h3-12H,1-2H3/t12-/m0/s1. The van der Waals surface area contributed by atoms with Crippen LogP contribution in [0, 0.1) is 0 Å². The molecule has 0 aliphatic rings. The number of benzene rings is 1. The Morgan fingerprint density at radius 3 is 2.54 bits per heavy atom. The molecule has 0 unspecified atom stereocenters. The normalized spacial score (nSPS) is 11.9. The summed E-state index contributed by atoms with van der Waals surface area (Å²) in [6, 6.07) is 12.1. The van der Waals surface area contributed by atoms with Gasteiger partial charge in [-0.1, -0.05) is 6.07 Å². The summed E-state index contributed by atoms with van der Waals surface area (Å²) >= 11 is 0. The number of ether oxygens (including phenoxy) is 2. The molecule has 0 amide bonds. The number of rotatable bonds is 5. The predicted octanol–water partition coefficient (Wildman–Crippen LogP) is 2.77. The first kappa shape index (κ1) is 15.7. The number of carbonyl (C=O) groups excluding carboxylic acids is 2. The third-order valence-electron chi connectivity index (χ3n) is 3.60. The molecule has 2 heterocycles. The summed E-state index contributed by atoms with van der Waals surface area (Å²) in [5, 5.41) is 0. The van der Waals surface area contributed by atoms with E-state index in [2.05, 4.69) is 4.98 Å². The number of esters is 1. The van der Waals surface area contributed by atoms with Crippen molar-refractivity contribution < 1.29 is 19.1 Å². The Morgan fingerprint density at radius 1 is 1.12 bits per heavy atom. The molecule has 24 heavy (non-hydrogen) atoms. The van der Waals surface area contributed by atoms with Crippen LogP contribution in [0.1, 0.15) is 27.8 Å². The van der Waals surface area contributed by atoms with Crippen LogP contribution in [0.2, 0.25) is 0 Å². The van der Waals surface area contributed by atoms with Crippen molar-refractivity contribution in [2.75, 3.05) is 7.11 Å². The van der Waals surface area contributed by atoms with Gasteiger partial charge in [0.2, 0.25) is 5.78 Å². The van der Waals surface area contributed by atoms with Crippen LogP contribution in [0.5, 0.6) is 5.75 Å². The fourth-order valence-electron chi connectivity index (χ4n) is 2.30. The Balaban J connectivity index is 1.71. The number of nitrogens with zero attached hydrogens (tertiary/aromatic N) is 2. The van der Waals surface area contributed by atoms with Gasteiger partial charge in [-0.05, 0) is 43.3 Å². The smallest absolute Gasteiger partial charge is 0.359 e. The van der Waals surface area contributed by atoms with Gasteiger partial charge in [0.05, 0.1) is 7.11 Å². The van der Waals surface area contributed by atoms with Crippen LogP contribution in [0.4, 0.5) is 0 Å². The number of pyridine rings is 1. The molecule has 0 N–H and O–H groups in total. The number of ketones is 1. The predicted molar refractivity (Wildman–Crippen MR) is 87.4 cm³/mol. The fourth-order valence-corrected chi connectivity index (χ4v) is 2.30. The first-order chi connectivity index (χ1) is 11.6. The van der Waals surface area contributed by atoms with Crippen LogP contribution in [-0.2, 0) is 4.74 Å². The average molecular weight is 324 g/mol. The second-order valence-electron chi connectivity index (χ2n) is 5.23. The van der Waals surface area contributed by atoms with Crippen LogP contribution in [0.25, 0.3) is 5.65 Å². The van der Waals surface area contributed by atoms with E-state index in [1.807, 2.05) is 12.1 Å². The summed E-state index contributed by atoms with van der Waals surface area (Å²) in [5.74, 6) is -0.260. The van der Waals surface area contributed by atoms with Crippen LogP contribution >= 0.6 is 0 Å². The second-order valence-corrected chi connectivity index (χ2v) is 5.23. The molecular formula is C18H16N2O4. The number of Topliss-reactive ketones (excluding diaryl/α,β-unsaturated/α-hetero) is 1. The number of methoxy groups -OCH3 is 1. The van der Waals surface area contributed by atoms with Gasteiger partial charge in [-0.2, -0.15) is 0 Å². The van der Waals surface area contributed by atoms with E-state index in [0.717, 1.165) is 0 Å². The Kier molecular flexibility index (Phi) is 4.29. The first-order valence-corrected chi connectivity index (χ1v) is 7.41. The minimum atomic E-state index is -0.907. The molecular weight excluding hydrogens is 308 g/mol. The third kappa shape index (κ3) is 3.12. The lowest BCUT2D eigenvalue weighted by Crippen LogP contribution is -2.24. The van der Waals surface area contributed by atoms with Crippen molar-refractivity contribution in [2.45, 2.75) is 13.0 Å². The highest BCUT2D eigenvalue weighted by atomic mass is 16.5. The minimum Gasteiger partial charge on any atom is -0.497 e. The average Bonchev–Trinajstić information content (AvgIpc) is 3.05. The highest BCUT2D eigenvalue weighted by Crippen LogP contribution is 2.15. The molecule has 0 saturated heterocycles. The Morgan fingerprint density at radius 2 is 1.88 bits per heavy atom. The van der Waals surface area contributed by atoms with Crippen molar-refractivity contribution in [1.82, 2.24) is 9.38 Å². The molecule has 0 aliphatic heterocycles. The van der Waals surface area contributed by atoms with E-state index in [4.69, 9.17) is 9.47 Å². The van der Waals surface area contributed by atoms with Crippen LogP contribution in [0.15, 0.2) is 54.9 Å². The summed E-state index contributed by atoms with van der Waals surface area (Å²) in [6.45, 7) is 1.54. The molecule has 2 aromatic heterocycles. The van der Waals surface area contributed by atoms with Gasteiger partial charge < -0.3 is 13.9 Å². The maximum atomic E-state index is 12.3. The summed E-state index contributed by atoms with van der Waals surface area (Å²) in [6.07, 6.45) is 2.45. The number of aromatic nitrogens is 2. The van der Waals surface area contributed by atoms with Crippen LogP contribution in [0.3, 0.4) is 0 Å². The third-order valence-corrected chi connectivity index (χ3v) is 3.60. The van der Waals surface area contributed by atoms with Gasteiger partial charge in [-0.15, -0.1) is 0 Å². The molecule has 0 saturated carbocycles. The van der Waals surface area contributed by atoms with E-state index in [0.29, 0.717) is 17.0 Å². The number of carbonyl (C=O) groups is 2. The number of fused-ring (bicyclic) bond motifs is 1. The fraction of sp³-hybridized carbons (Fsp3) is 0.167. The summed E-state index contributed by atoms with van der Waals surface area (Å²) in [7, 11) is 1.55. The zero-order valence-electron chi connectivity index (χ0n) is 13.3. The van der Waals surface area contributed by atoms with Crippen molar-refractivity contribution >= 4 is 17.4 Å². The molecule has 3 aromatic rings. The van der Waals surface area contributed by atoms with Gasteiger partial charge in [0.15, 0.2) is 11.8 Å². The SMILES string of the molecule is COc1ccc(C(=O)[C@H](C)OC(=O)c2cn3ccccc3n2)cc1. The number of hydrogen-bond donors (Lipinski definition) is 0. The molecule has 0 bridgehead atoms. The zero-order chi connectivity index (χ0) is 17.1. The molecule has 0 radical (unpaired) electrons. The highest BCUT2D eigenvalue weighted by molar-refractivity contribution is 6.01. The van der Waals surface area contributed by atoms with Crippen molar-refractivity contribution in [3.63, 3.8) is 0 Å². The summed E-state index contributed by atoms with van der Waals surface area (Å²) in [4.78, 5) is 28.7. The molecule has 3 rings (SSSR count). The molecule has 0 spiro atoms. The Labute approximate surface area is 138 Å². The minimum absolute atomic E-state index is 0.163. The lowest BCUT2D eigenvalue weighted by Gasteiger charge is -2.11. The Hall–Kier alpha value is -3.15. The zero-order valence-corrected chi connectivity index (χ0v) is 13.3. The molecule has 122 valence electrons. The number of hydrogen-bond acceptors (Lipinski definition) is 5. The lowest BCUT2D eigenvalue weighted by atomic mass is 10.1. The highest BCUT2D eigenvalue weighted by Gasteiger charge is 2.22.